The molecule has 1 rings (SSSR count). The molecular formula is C12H15ClOP-. The first-order valence-corrected chi connectivity index (χ1v) is 6.18. The number of hydrogen-bond acceptors (Lipinski definition) is 1. The summed E-state index contributed by atoms with van der Waals surface area (Å²) in [6, 6.07) is 5.56. The van der Waals surface area contributed by atoms with E-state index in [-0.39, 0.29) is 5.78 Å². The van der Waals surface area contributed by atoms with Crippen LogP contribution in [0.3, 0.4) is 0 Å². The van der Waals surface area contributed by atoms with Crippen LogP contribution in [0, 0.1) is 6.92 Å². The zero-order chi connectivity index (χ0) is 11.3. The van der Waals surface area contributed by atoms with Crippen LogP contribution >= 0.6 is 20.8 Å². The smallest absolute Gasteiger partial charge is 0.164 e. The second-order valence-electron chi connectivity index (χ2n) is 3.56. The van der Waals surface area contributed by atoms with Crippen molar-refractivity contribution in [3.05, 3.63) is 34.3 Å². The number of Topliss-reactive ketones (excluding diaryl/α,β-unsaturated/α-hetero) is 1. The summed E-state index contributed by atoms with van der Waals surface area (Å²) in [6.45, 7) is 1.92. The predicted octanol–water partition coefficient (Wildman–Crippen LogP) is 4.14. The topological polar surface area (TPSA) is 17.1 Å². The van der Waals surface area contributed by atoms with Crippen molar-refractivity contribution in [1.29, 1.82) is 0 Å². The molecule has 0 heterocycles. The molecule has 0 bridgehead atoms. The van der Waals surface area contributed by atoms with Crippen molar-refractivity contribution < 1.29 is 4.79 Å². The van der Waals surface area contributed by atoms with Gasteiger partial charge in [0.05, 0.1) is 5.02 Å². The summed E-state index contributed by atoms with van der Waals surface area (Å²) in [5.74, 6) is 0.151. The third-order valence-electron chi connectivity index (χ3n) is 2.33. The highest BCUT2D eigenvalue weighted by Gasteiger charge is 2.11. The molecule has 1 nitrogen and oxygen atoms in total. The van der Waals surface area contributed by atoms with E-state index in [1.165, 1.54) is 0 Å². The van der Waals surface area contributed by atoms with Gasteiger partial charge in [0, 0.05) is 12.0 Å². The molecule has 0 aromatic heterocycles. The molecule has 3 heteroatoms. The Balaban J connectivity index is 2.73. The maximum absolute atomic E-state index is 11.9. The van der Waals surface area contributed by atoms with Crippen LogP contribution < -0.4 is 0 Å². The van der Waals surface area contributed by atoms with Crippen LogP contribution in [0.1, 0.15) is 35.2 Å². The van der Waals surface area contributed by atoms with E-state index in [2.05, 4.69) is 9.24 Å². The number of hydrogen-bond donors (Lipinski definition) is 0. The van der Waals surface area contributed by atoms with Gasteiger partial charge < -0.3 is 9.24 Å². The zero-order valence-corrected chi connectivity index (χ0v) is 10.6. The number of rotatable bonds is 5. The fraction of sp³-hybridized carbons (Fsp3) is 0.417. The molecule has 0 saturated heterocycles. The number of carbonyl (C=O) groups excluding carboxylic acids is 1. The molecule has 1 aromatic rings. The largest absolute Gasteiger partial charge is 0.558 e. The van der Waals surface area contributed by atoms with Crippen molar-refractivity contribution in [3.8, 4) is 0 Å². The van der Waals surface area contributed by atoms with Gasteiger partial charge in [-0.15, -0.1) is 0 Å². The van der Waals surface area contributed by atoms with Gasteiger partial charge in [-0.2, -0.15) is 6.16 Å². The lowest BCUT2D eigenvalue weighted by molar-refractivity contribution is 0.0979. The molecule has 0 amide bonds. The Bertz CT molecular complexity index is 329. The summed E-state index contributed by atoms with van der Waals surface area (Å²) in [5, 5.41) is 0.568. The molecule has 82 valence electrons. The second kappa shape index (κ2) is 6.25. The molecule has 0 N–H and O–H groups in total. The van der Waals surface area contributed by atoms with E-state index in [1.54, 1.807) is 6.07 Å². The molecule has 1 aromatic carbocycles. The standard InChI is InChI=1S/C12H15ClOP/c1-9-5-4-6-10(13)12(9)11(14)7-2-3-8-15/h4-6,15H,2-3,7-8H2,1H3/q-1. The molecule has 0 aliphatic rings. The highest BCUT2D eigenvalue weighted by atomic mass is 35.5. The first-order chi connectivity index (χ1) is 7.16. The minimum Gasteiger partial charge on any atom is -0.558 e. The summed E-state index contributed by atoms with van der Waals surface area (Å²) < 4.78 is 0. The van der Waals surface area contributed by atoms with Crippen LogP contribution in [0.5, 0.6) is 0 Å². The van der Waals surface area contributed by atoms with Crippen LogP contribution in [-0.2, 0) is 0 Å². The summed E-state index contributed by atoms with van der Waals surface area (Å²) in [4.78, 5) is 11.9. The van der Waals surface area contributed by atoms with Crippen molar-refractivity contribution in [1.82, 2.24) is 0 Å². The number of benzene rings is 1. The Kier molecular flexibility index (Phi) is 5.28. The molecule has 0 aliphatic heterocycles. The molecule has 0 spiro atoms. The van der Waals surface area contributed by atoms with Gasteiger partial charge in [0.25, 0.3) is 0 Å². The van der Waals surface area contributed by atoms with Crippen LogP contribution in [-0.4, -0.2) is 11.9 Å². The molecular weight excluding hydrogens is 227 g/mol. The van der Waals surface area contributed by atoms with Gasteiger partial charge in [0.15, 0.2) is 5.78 Å². The van der Waals surface area contributed by atoms with Gasteiger partial charge in [-0.25, -0.2) is 0 Å². The third-order valence-corrected chi connectivity index (χ3v) is 3.00. The first-order valence-electron chi connectivity index (χ1n) is 5.09. The zero-order valence-electron chi connectivity index (χ0n) is 8.85. The minimum atomic E-state index is 0.151. The second-order valence-corrected chi connectivity index (χ2v) is 4.47. The molecule has 15 heavy (non-hydrogen) atoms. The monoisotopic (exact) mass is 241 g/mol. The van der Waals surface area contributed by atoms with Crippen LogP contribution in [0.25, 0.3) is 0 Å². The summed E-state index contributed by atoms with van der Waals surface area (Å²) >= 11 is 6.01. The van der Waals surface area contributed by atoms with Crippen LogP contribution in [0.15, 0.2) is 18.2 Å². The normalized spacial score (nSPS) is 10.3. The van der Waals surface area contributed by atoms with Crippen molar-refractivity contribution >= 4 is 26.6 Å². The van der Waals surface area contributed by atoms with E-state index in [4.69, 9.17) is 11.6 Å². The Labute approximate surface area is 98.4 Å². The quantitative estimate of drug-likeness (QED) is 0.430. The van der Waals surface area contributed by atoms with Crippen LogP contribution in [0.4, 0.5) is 0 Å². The fourth-order valence-corrected chi connectivity index (χ4v) is 2.10. The molecule has 0 fully saturated rings. The van der Waals surface area contributed by atoms with E-state index in [0.717, 1.165) is 24.6 Å². The highest BCUT2D eigenvalue weighted by molar-refractivity contribution is 7.16. The number of carbonyl (C=O) groups is 1. The van der Waals surface area contributed by atoms with E-state index < -0.39 is 0 Å². The summed E-state index contributed by atoms with van der Waals surface area (Å²) in [6.07, 6.45) is 3.45. The minimum absolute atomic E-state index is 0.151. The Morgan fingerprint density at radius 2 is 2.13 bits per heavy atom. The van der Waals surface area contributed by atoms with Gasteiger partial charge in [-0.05, 0) is 25.0 Å². The molecule has 0 atom stereocenters. The average Bonchev–Trinajstić information content (AvgIpc) is 2.18. The van der Waals surface area contributed by atoms with E-state index in [0.29, 0.717) is 17.0 Å². The number of halogens is 1. The lowest BCUT2D eigenvalue weighted by Crippen LogP contribution is -2.02. The third kappa shape index (κ3) is 3.59. The van der Waals surface area contributed by atoms with Crippen molar-refractivity contribution in [3.63, 3.8) is 0 Å². The number of unbranched alkanes of at least 4 members (excludes halogenated alkanes) is 1. The summed E-state index contributed by atoms with van der Waals surface area (Å²) in [7, 11) is 3.39. The Morgan fingerprint density at radius 3 is 2.73 bits per heavy atom. The van der Waals surface area contributed by atoms with E-state index >= 15 is 0 Å². The van der Waals surface area contributed by atoms with Crippen molar-refractivity contribution in [2.45, 2.75) is 26.2 Å². The summed E-state index contributed by atoms with van der Waals surface area (Å²) in [5.41, 5.74) is 1.65. The fourth-order valence-electron chi connectivity index (χ4n) is 1.52. The molecule has 0 unspecified atom stereocenters. The first kappa shape index (κ1) is 12.7. The maximum atomic E-state index is 11.9. The van der Waals surface area contributed by atoms with Crippen molar-refractivity contribution in [2.75, 3.05) is 6.16 Å². The van der Waals surface area contributed by atoms with Gasteiger partial charge in [0.2, 0.25) is 0 Å². The Hall–Kier alpha value is -0.390. The van der Waals surface area contributed by atoms with Gasteiger partial charge in [0.1, 0.15) is 0 Å². The van der Waals surface area contributed by atoms with Gasteiger partial charge in [-0.1, -0.05) is 30.2 Å². The van der Waals surface area contributed by atoms with Crippen LogP contribution in [0.2, 0.25) is 5.02 Å². The van der Waals surface area contributed by atoms with Gasteiger partial charge in [-0.3, -0.25) is 4.79 Å². The van der Waals surface area contributed by atoms with E-state index in [1.807, 2.05) is 19.1 Å². The van der Waals surface area contributed by atoms with Crippen molar-refractivity contribution in [2.24, 2.45) is 0 Å². The van der Waals surface area contributed by atoms with Gasteiger partial charge >= 0.3 is 0 Å². The Morgan fingerprint density at radius 1 is 1.40 bits per heavy atom. The lowest BCUT2D eigenvalue weighted by Gasteiger charge is -2.07. The molecule has 0 saturated carbocycles. The predicted molar refractivity (Wildman–Crippen MR) is 67.6 cm³/mol. The maximum Gasteiger partial charge on any atom is 0.164 e. The SMILES string of the molecule is Cc1cccc(Cl)c1C(=O)CCCC[PH-]. The molecule has 0 aliphatic carbocycles. The highest BCUT2D eigenvalue weighted by Crippen LogP contribution is 2.21. The number of ketones is 1. The lowest BCUT2D eigenvalue weighted by atomic mass is 10.0. The number of aryl methyl sites for hydroxylation is 1. The average molecular weight is 242 g/mol. The van der Waals surface area contributed by atoms with E-state index in [9.17, 15) is 4.79 Å². The molecule has 0 radical (unpaired) electrons.